The largest absolute Gasteiger partial charge is 0.289 e. The average molecular weight is 258 g/mol. The van der Waals surface area contributed by atoms with Crippen molar-refractivity contribution in [3.05, 3.63) is 64.7 Å². The number of benzene rings is 2. The fourth-order valence-electron chi connectivity index (χ4n) is 1.57. The smallest absolute Gasteiger partial charge is 0.240 e. The molecule has 2 aromatic carbocycles. The summed E-state index contributed by atoms with van der Waals surface area (Å²) in [6, 6.07) is 13.2. The van der Waals surface area contributed by atoms with Crippen LogP contribution in [0.25, 0.3) is 0 Å². The Morgan fingerprint density at radius 1 is 1.06 bits per heavy atom. The number of para-hydroxylation sites is 1. The van der Waals surface area contributed by atoms with E-state index in [4.69, 9.17) is 11.6 Å². The maximum absolute atomic E-state index is 12.2. The van der Waals surface area contributed by atoms with Gasteiger partial charge in [-0.05, 0) is 36.4 Å². The zero-order valence-corrected chi connectivity index (χ0v) is 10.0. The van der Waals surface area contributed by atoms with Gasteiger partial charge >= 0.3 is 0 Å². The quantitative estimate of drug-likeness (QED) is 0.480. The highest BCUT2D eigenvalue weighted by atomic mass is 35.5. The van der Waals surface area contributed by atoms with Crippen molar-refractivity contribution in [1.29, 1.82) is 0 Å². The molecule has 18 heavy (non-hydrogen) atoms. The Bertz CT molecular complexity index is 628. The van der Waals surface area contributed by atoms with Gasteiger partial charge in [0.15, 0.2) is 5.78 Å². The molecule has 0 atom stereocenters. The molecular weight excluding hydrogens is 250 g/mol. The van der Waals surface area contributed by atoms with Crippen LogP contribution in [0.3, 0.4) is 0 Å². The zero-order valence-electron chi connectivity index (χ0n) is 9.26. The second-order valence-electron chi connectivity index (χ2n) is 3.56. The minimum Gasteiger partial charge on any atom is -0.289 e. The van der Waals surface area contributed by atoms with E-state index in [1.165, 1.54) is 6.08 Å². The summed E-state index contributed by atoms with van der Waals surface area (Å²) in [6.07, 6.45) is 1.44. The third-order valence-corrected chi connectivity index (χ3v) is 2.67. The highest BCUT2D eigenvalue weighted by Crippen LogP contribution is 2.22. The van der Waals surface area contributed by atoms with Gasteiger partial charge in [0, 0.05) is 16.1 Å². The Kier molecular flexibility index (Phi) is 3.68. The minimum atomic E-state index is -0.207. The Labute approximate surface area is 109 Å². The topological polar surface area (TPSA) is 46.5 Å². The lowest BCUT2D eigenvalue weighted by atomic mass is 10.0. The Balaban J connectivity index is 2.46. The van der Waals surface area contributed by atoms with Crippen LogP contribution in [0.5, 0.6) is 0 Å². The molecule has 0 saturated carbocycles. The monoisotopic (exact) mass is 257 g/mol. The fraction of sp³-hybridized carbons (Fsp3) is 0. The molecule has 2 aromatic rings. The number of halogens is 1. The number of hydrogen-bond donors (Lipinski definition) is 0. The van der Waals surface area contributed by atoms with E-state index in [1.54, 1.807) is 48.5 Å². The van der Waals surface area contributed by atoms with Gasteiger partial charge < -0.3 is 0 Å². The first-order chi connectivity index (χ1) is 8.72. The summed E-state index contributed by atoms with van der Waals surface area (Å²) in [5.41, 5.74) is 1.17. The summed E-state index contributed by atoms with van der Waals surface area (Å²) in [6.45, 7) is 0. The normalized spacial score (nSPS) is 9.61. The molecule has 0 aliphatic rings. The summed E-state index contributed by atoms with van der Waals surface area (Å²) in [5.74, 6) is -0.207. The lowest BCUT2D eigenvalue weighted by Gasteiger charge is -2.03. The van der Waals surface area contributed by atoms with E-state index in [1.807, 2.05) is 0 Å². The van der Waals surface area contributed by atoms with Gasteiger partial charge in [-0.25, -0.2) is 4.79 Å². The van der Waals surface area contributed by atoms with Crippen molar-refractivity contribution in [2.24, 2.45) is 4.99 Å². The number of hydrogen-bond acceptors (Lipinski definition) is 3. The van der Waals surface area contributed by atoms with Crippen LogP contribution in [0.15, 0.2) is 53.5 Å². The van der Waals surface area contributed by atoms with Gasteiger partial charge in [0.05, 0.1) is 5.69 Å². The Morgan fingerprint density at radius 3 is 2.39 bits per heavy atom. The summed E-state index contributed by atoms with van der Waals surface area (Å²) in [5, 5.41) is 0.561. The van der Waals surface area contributed by atoms with Crippen LogP contribution in [-0.2, 0) is 4.79 Å². The first-order valence-corrected chi connectivity index (χ1v) is 5.57. The second kappa shape index (κ2) is 5.41. The molecule has 4 heteroatoms. The molecule has 0 bridgehead atoms. The number of carbonyl (C=O) groups excluding carboxylic acids is 2. The number of carbonyl (C=O) groups is 1. The number of nitrogens with zero attached hydrogens (tertiary/aromatic N) is 1. The molecule has 0 N–H and O–H groups in total. The van der Waals surface area contributed by atoms with Gasteiger partial charge in [0.1, 0.15) is 0 Å². The molecule has 0 radical (unpaired) electrons. The predicted octanol–water partition coefficient (Wildman–Crippen LogP) is 3.54. The van der Waals surface area contributed by atoms with Crippen molar-refractivity contribution in [1.82, 2.24) is 0 Å². The summed E-state index contributed by atoms with van der Waals surface area (Å²) < 4.78 is 0. The molecule has 0 aromatic heterocycles. The molecule has 3 nitrogen and oxygen atoms in total. The maximum Gasteiger partial charge on any atom is 0.240 e. The molecule has 0 amide bonds. The molecular formula is C14H8ClNO2. The van der Waals surface area contributed by atoms with Gasteiger partial charge in [0.2, 0.25) is 6.08 Å². The highest BCUT2D eigenvalue weighted by molar-refractivity contribution is 6.30. The van der Waals surface area contributed by atoms with Crippen LogP contribution in [0, 0.1) is 0 Å². The van der Waals surface area contributed by atoms with Crippen molar-refractivity contribution >= 4 is 29.2 Å². The molecule has 0 saturated heterocycles. The first kappa shape index (κ1) is 12.2. The van der Waals surface area contributed by atoms with Gasteiger partial charge in [-0.1, -0.05) is 23.7 Å². The van der Waals surface area contributed by atoms with Gasteiger partial charge in [0.25, 0.3) is 0 Å². The van der Waals surface area contributed by atoms with Crippen LogP contribution in [0.1, 0.15) is 15.9 Å². The third kappa shape index (κ3) is 2.54. The van der Waals surface area contributed by atoms with Crippen LogP contribution in [-0.4, -0.2) is 11.9 Å². The Hall–Kier alpha value is -2.22. The van der Waals surface area contributed by atoms with Gasteiger partial charge in [-0.3, -0.25) is 4.79 Å². The van der Waals surface area contributed by atoms with Crippen molar-refractivity contribution < 1.29 is 9.59 Å². The van der Waals surface area contributed by atoms with E-state index in [2.05, 4.69) is 4.99 Å². The van der Waals surface area contributed by atoms with Crippen molar-refractivity contribution in [3.63, 3.8) is 0 Å². The van der Waals surface area contributed by atoms with Crippen LogP contribution < -0.4 is 0 Å². The van der Waals surface area contributed by atoms with E-state index in [9.17, 15) is 9.59 Å². The van der Waals surface area contributed by atoms with Gasteiger partial charge in [-0.2, -0.15) is 4.99 Å². The molecule has 2 rings (SSSR count). The molecule has 88 valence electrons. The lowest BCUT2D eigenvalue weighted by Crippen LogP contribution is -2.01. The van der Waals surface area contributed by atoms with E-state index in [0.29, 0.717) is 21.8 Å². The first-order valence-electron chi connectivity index (χ1n) is 5.19. The number of ketones is 1. The number of rotatable bonds is 3. The van der Waals surface area contributed by atoms with Crippen LogP contribution >= 0.6 is 11.6 Å². The molecule has 0 unspecified atom stereocenters. The van der Waals surface area contributed by atoms with Crippen LogP contribution in [0.4, 0.5) is 5.69 Å². The molecule has 0 spiro atoms. The number of aliphatic imine (C=N–C) groups is 1. The molecule has 0 fully saturated rings. The number of isocyanates is 1. The van der Waals surface area contributed by atoms with Gasteiger partial charge in [-0.15, -0.1) is 0 Å². The van der Waals surface area contributed by atoms with Crippen molar-refractivity contribution in [2.45, 2.75) is 0 Å². The summed E-state index contributed by atoms with van der Waals surface area (Å²) in [4.78, 5) is 26.0. The predicted molar refractivity (Wildman–Crippen MR) is 69.1 cm³/mol. The second-order valence-corrected chi connectivity index (χ2v) is 3.99. The standard InChI is InChI=1S/C14H8ClNO2/c15-11-7-5-10(6-8-11)14(18)12-3-1-2-4-13(12)16-9-17/h1-8H. The highest BCUT2D eigenvalue weighted by Gasteiger charge is 2.12. The molecule has 0 heterocycles. The molecule has 0 aliphatic heterocycles. The SMILES string of the molecule is O=C=Nc1ccccc1C(=O)c1ccc(Cl)cc1. The third-order valence-electron chi connectivity index (χ3n) is 2.42. The lowest BCUT2D eigenvalue weighted by molar-refractivity contribution is 0.103. The zero-order chi connectivity index (χ0) is 13.0. The summed E-state index contributed by atoms with van der Waals surface area (Å²) in [7, 11) is 0. The van der Waals surface area contributed by atoms with Crippen molar-refractivity contribution in [2.75, 3.05) is 0 Å². The van der Waals surface area contributed by atoms with E-state index in [0.717, 1.165) is 0 Å². The van der Waals surface area contributed by atoms with Crippen molar-refractivity contribution in [3.8, 4) is 0 Å². The average Bonchev–Trinajstić information content (AvgIpc) is 2.40. The van der Waals surface area contributed by atoms with E-state index in [-0.39, 0.29) is 5.78 Å². The van der Waals surface area contributed by atoms with Crippen LogP contribution in [0.2, 0.25) is 5.02 Å². The fourth-order valence-corrected chi connectivity index (χ4v) is 1.70. The van der Waals surface area contributed by atoms with E-state index >= 15 is 0 Å². The Morgan fingerprint density at radius 2 is 1.72 bits per heavy atom. The maximum atomic E-state index is 12.2. The molecule has 0 aliphatic carbocycles. The van der Waals surface area contributed by atoms with E-state index < -0.39 is 0 Å². The minimum absolute atomic E-state index is 0.207. The summed E-state index contributed by atoms with van der Waals surface area (Å²) >= 11 is 5.76.